The molecule has 1 aromatic rings. The van der Waals surface area contributed by atoms with Crippen LogP contribution in [0.15, 0.2) is 11.4 Å². The van der Waals surface area contributed by atoms with Crippen LogP contribution in [0, 0.1) is 29.1 Å². The average molecular weight is 305 g/mol. The second kappa shape index (κ2) is 4.33. The number of hydrogen-bond acceptors (Lipinski definition) is 3. The molecular weight excluding hydrogens is 276 g/mol. The van der Waals surface area contributed by atoms with E-state index in [2.05, 4.69) is 37.6 Å². The smallest absolute Gasteiger partial charge is 0.0612 e. The Hall–Kier alpha value is -0.380. The van der Waals surface area contributed by atoms with Gasteiger partial charge in [0, 0.05) is 4.88 Å². The highest BCUT2D eigenvalue weighted by Gasteiger charge is 2.62. The summed E-state index contributed by atoms with van der Waals surface area (Å²) in [5, 5.41) is 2.22. The Morgan fingerprint density at radius 3 is 2.33 bits per heavy atom. The molecule has 0 aromatic carbocycles. The first kappa shape index (κ1) is 14.2. The van der Waals surface area contributed by atoms with Gasteiger partial charge in [-0.25, -0.2) is 0 Å². The first-order chi connectivity index (χ1) is 9.87. The van der Waals surface area contributed by atoms with Crippen LogP contribution in [-0.2, 0) is 0 Å². The van der Waals surface area contributed by atoms with Gasteiger partial charge in [-0.1, -0.05) is 13.8 Å². The van der Waals surface area contributed by atoms with Crippen LogP contribution in [0.1, 0.15) is 68.9 Å². The zero-order valence-electron chi connectivity index (χ0n) is 13.5. The van der Waals surface area contributed by atoms with Crippen LogP contribution in [0.25, 0.3) is 0 Å². The molecule has 4 aliphatic carbocycles. The quantitative estimate of drug-likeness (QED) is 0.634. The molecule has 1 heterocycles. The molecule has 0 amide bonds. The molecular formula is C18H28N2S. The molecule has 4 bridgehead atoms. The third-order valence-corrected chi connectivity index (χ3v) is 7.70. The van der Waals surface area contributed by atoms with Crippen LogP contribution >= 0.6 is 11.3 Å². The second-order valence-corrected chi connectivity index (χ2v) is 10.0. The Morgan fingerprint density at radius 2 is 1.86 bits per heavy atom. The minimum Gasteiger partial charge on any atom is -0.271 e. The van der Waals surface area contributed by atoms with Gasteiger partial charge in [-0.05, 0) is 84.6 Å². The summed E-state index contributed by atoms with van der Waals surface area (Å²) in [6.45, 7) is 7.32. The highest BCUT2D eigenvalue weighted by molar-refractivity contribution is 7.10. The molecule has 1 aromatic heterocycles. The summed E-state index contributed by atoms with van der Waals surface area (Å²) in [6.07, 6.45) is 8.43. The van der Waals surface area contributed by atoms with Gasteiger partial charge in [0.15, 0.2) is 0 Å². The number of hydrazine groups is 1. The van der Waals surface area contributed by atoms with E-state index in [-0.39, 0.29) is 0 Å². The van der Waals surface area contributed by atoms with Crippen molar-refractivity contribution in [1.29, 1.82) is 0 Å². The van der Waals surface area contributed by atoms with E-state index in [0.717, 1.165) is 5.92 Å². The van der Waals surface area contributed by atoms with Crippen molar-refractivity contribution in [3.63, 3.8) is 0 Å². The van der Waals surface area contributed by atoms with Gasteiger partial charge < -0.3 is 0 Å². The van der Waals surface area contributed by atoms with Crippen LogP contribution in [-0.4, -0.2) is 0 Å². The van der Waals surface area contributed by atoms with Gasteiger partial charge in [-0.3, -0.25) is 11.3 Å². The summed E-state index contributed by atoms with van der Waals surface area (Å²) in [5.41, 5.74) is 6.14. The Kier molecular flexibility index (Phi) is 2.94. The molecule has 0 aliphatic heterocycles. The van der Waals surface area contributed by atoms with Gasteiger partial charge in [0.05, 0.1) is 6.04 Å². The van der Waals surface area contributed by atoms with Crippen molar-refractivity contribution < 1.29 is 0 Å². The summed E-state index contributed by atoms with van der Waals surface area (Å²) < 4.78 is 0. The zero-order valence-corrected chi connectivity index (χ0v) is 14.4. The number of hydrogen-bond donors (Lipinski definition) is 2. The number of nitrogens with two attached hydrogens (primary N) is 1. The highest BCUT2D eigenvalue weighted by Crippen LogP contribution is 2.72. The van der Waals surface area contributed by atoms with Gasteiger partial charge in [-0.15, -0.1) is 11.3 Å². The fraction of sp³-hybridized carbons (Fsp3) is 0.778. The van der Waals surface area contributed by atoms with E-state index >= 15 is 0 Å². The molecule has 116 valence electrons. The predicted octanol–water partition coefficient (Wildman–Crippen LogP) is 4.56. The minimum absolute atomic E-state index is 0.347. The Morgan fingerprint density at radius 1 is 1.19 bits per heavy atom. The second-order valence-electron chi connectivity index (χ2n) is 9.06. The topological polar surface area (TPSA) is 38.0 Å². The lowest BCUT2D eigenvalue weighted by atomic mass is 9.39. The lowest BCUT2D eigenvalue weighted by Crippen LogP contribution is -2.59. The predicted molar refractivity (Wildman–Crippen MR) is 89.0 cm³/mol. The third-order valence-electron chi connectivity index (χ3n) is 6.61. The lowest BCUT2D eigenvalue weighted by Gasteiger charge is -2.67. The van der Waals surface area contributed by atoms with E-state index in [9.17, 15) is 0 Å². The molecule has 2 nitrogen and oxygen atoms in total. The van der Waals surface area contributed by atoms with E-state index in [0.29, 0.717) is 22.3 Å². The van der Waals surface area contributed by atoms with Gasteiger partial charge in [0.25, 0.3) is 0 Å². The Bertz CT molecular complexity index is 545. The van der Waals surface area contributed by atoms with Crippen LogP contribution in [0.3, 0.4) is 0 Å². The van der Waals surface area contributed by atoms with E-state index in [1.807, 2.05) is 11.3 Å². The first-order valence-corrected chi connectivity index (χ1v) is 9.25. The molecule has 3 atom stereocenters. The maximum atomic E-state index is 6.10. The fourth-order valence-electron chi connectivity index (χ4n) is 7.07. The van der Waals surface area contributed by atoms with Crippen molar-refractivity contribution in [3.05, 3.63) is 21.9 Å². The molecule has 0 spiro atoms. The molecule has 21 heavy (non-hydrogen) atoms. The summed E-state index contributed by atoms with van der Waals surface area (Å²) in [4.78, 5) is 1.48. The van der Waals surface area contributed by atoms with Gasteiger partial charge in [-0.2, -0.15) is 0 Å². The normalized spacial score (nSPS) is 46.0. The highest BCUT2D eigenvalue weighted by atomic mass is 32.1. The third kappa shape index (κ3) is 2.04. The molecule has 0 saturated heterocycles. The van der Waals surface area contributed by atoms with E-state index in [1.54, 1.807) is 0 Å². The van der Waals surface area contributed by atoms with Crippen LogP contribution in [0.4, 0.5) is 0 Å². The molecule has 3 unspecified atom stereocenters. The average Bonchev–Trinajstić information content (AvgIpc) is 2.71. The lowest BCUT2D eigenvalue weighted by molar-refractivity contribution is -0.158. The van der Waals surface area contributed by atoms with Gasteiger partial charge >= 0.3 is 0 Å². The van der Waals surface area contributed by atoms with Crippen molar-refractivity contribution in [3.8, 4) is 0 Å². The van der Waals surface area contributed by atoms with Crippen molar-refractivity contribution in [1.82, 2.24) is 5.43 Å². The van der Waals surface area contributed by atoms with E-state index in [1.165, 1.54) is 49.0 Å². The summed E-state index contributed by atoms with van der Waals surface area (Å²) in [5.74, 6) is 7.02. The van der Waals surface area contributed by atoms with E-state index < -0.39 is 0 Å². The number of aryl methyl sites for hydroxylation is 1. The van der Waals surface area contributed by atoms with Crippen LogP contribution in [0.5, 0.6) is 0 Å². The number of nitrogens with one attached hydrogen (secondary N) is 1. The van der Waals surface area contributed by atoms with Gasteiger partial charge in [0.2, 0.25) is 0 Å². The molecule has 4 aliphatic rings. The molecule has 3 heteroatoms. The molecule has 5 rings (SSSR count). The summed E-state index contributed by atoms with van der Waals surface area (Å²) in [7, 11) is 0. The molecule has 4 fully saturated rings. The Labute approximate surface area is 132 Å². The van der Waals surface area contributed by atoms with Crippen molar-refractivity contribution in [2.45, 2.75) is 65.3 Å². The van der Waals surface area contributed by atoms with Crippen molar-refractivity contribution >= 4 is 11.3 Å². The first-order valence-electron chi connectivity index (χ1n) is 8.37. The monoisotopic (exact) mass is 304 g/mol. The van der Waals surface area contributed by atoms with Gasteiger partial charge in [0.1, 0.15) is 0 Å². The van der Waals surface area contributed by atoms with Crippen LogP contribution < -0.4 is 11.3 Å². The maximum absolute atomic E-state index is 6.10. The molecule has 4 saturated carbocycles. The van der Waals surface area contributed by atoms with E-state index in [4.69, 9.17) is 5.84 Å². The summed E-state index contributed by atoms with van der Waals surface area (Å²) in [6, 6.07) is 2.59. The number of thiophene rings is 1. The fourth-order valence-corrected chi connectivity index (χ4v) is 8.20. The molecule has 0 radical (unpaired) electrons. The van der Waals surface area contributed by atoms with Crippen molar-refractivity contribution in [2.24, 2.45) is 28.0 Å². The standard InChI is InChI=1S/C18H28N2S/c1-12-4-5-21-14(12)15(20-19)18-8-13-6-16(2,10-18)9-17(3,7-13)11-18/h4-5,13,15,20H,6-11,19H2,1-3H3. The van der Waals surface area contributed by atoms with Crippen molar-refractivity contribution in [2.75, 3.05) is 0 Å². The Balaban J connectivity index is 1.78. The zero-order chi connectivity index (χ0) is 14.9. The SMILES string of the molecule is Cc1ccsc1C(NN)C12CC3CC(C)(CC(C)(C3)C1)C2. The largest absolute Gasteiger partial charge is 0.271 e. The minimum atomic E-state index is 0.347. The van der Waals surface area contributed by atoms with Crippen LogP contribution in [0.2, 0.25) is 0 Å². The number of rotatable bonds is 3. The molecule has 3 N–H and O–H groups in total. The summed E-state index contributed by atoms with van der Waals surface area (Å²) >= 11 is 1.89. The maximum Gasteiger partial charge on any atom is 0.0612 e.